The van der Waals surface area contributed by atoms with Gasteiger partial charge in [0.15, 0.2) is 0 Å². The molecule has 0 aliphatic heterocycles. The number of nitrogens with zero attached hydrogens (tertiary/aromatic N) is 1. The van der Waals surface area contributed by atoms with Gasteiger partial charge in [0.1, 0.15) is 0 Å². The van der Waals surface area contributed by atoms with E-state index < -0.39 is 0 Å². The fraction of sp³-hybridized carbons (Fsp3) is 0.0667. The monoisotopic (exact) mass is 254 g/mol. The number of hydrogen-bond donors (Lipinski definition) is 2. The van der Waals surface area contributed by atoms with Gasteiger partial charge in [-0.15, -0.1) is 0 Å². The van der Waals surface area contributed by atoms with Crippen LogP contribution in [0.3, 0.4) is 0 Å². The van der Waals surface area contributed by atoms with Crippen molar-refractivity contribution < 1.29 is 9.90 Å². The standard InChI is InChI=1S/C15H14N2O2/c18-11-13-3-1-5-14(9-13)17-15(19)7-6-12-4-2-8-16-10-12/h1-10,18H,11H2,(H,17,19)/b7-6+. The molecule has 1 aromatic heterocycles. The fourth-order valence-corrected chi connectivity index (χ4v) is 1.58. The summed E-state index contributed by atoms with van der Waals surface area (Å²) in [5, 5.41) is 11.7. The number of nitrogens with one attached hydrogen (secondary N) is 1. The molecule has 0 aliphatic carbocycles. The molecule has 2 N–H and O–H groups in total. The first kappa shape index (κ1) is 13.0. The van der Waals surface area contributed by atoms with Gasteiger partial charge in [0, 0.05) is 24.2 Å². The number of aromatic nitrogens is 1. The van der Waals surface area contributed by atoms with E-state index in [-0.39, 0.29) is 12.5 Å². The molecule has 0 radical (unpaired) electrons. The zero-order valence-corrected chi connectivity index (χ0v) is 10.3. The number of pyridine rings is 1. The molecule has 1 aromatic carbocycles. The predicted molar refractivity (Wildman–Crippen MR) is 74.3 cm³/mol. The van der Waals surface area contributed by atoms with E-state index >= 15 is 0 Å². The van der Waals surface area contributed by atoms with E-state index in [4.69, 9.17) is 5.11 Å². The second kappa shape index (κ2) is 6.47. The van der Waals surface area contributed by atoms with E-state index in [1.165, 1.54) is 6.08 Å². The van der Waals surface area contributed by atoms with Crippen molar-refractivity contribution in [3.8, 4) is 0 Å². The summed E-state index contributed by atoms with van der Waals surface area (Å²) in [5.74, 6) is -0.223. The minimum absolute atomic E-state index is 0.0464. The van der Waals surface area contributed by atoms with E-state index in [0.717, 1.165) is 11.1 Å². The van der Waals surface area contributed by atoms with Crippen LogP contribution in [0, 0.1) is 0 Å². The molecule has 0 saturated carbocycles. The van der Waals surface area contributed by atoms with Crippen LogP contribution in [-0.4, -0.2) is 16.0 Å². The highest BCUT2D eigenvalue weighted by atomic mass is 16.3. The first-order chi connectivity index (χ1) is 9.28. The smallest absolute Gasteiger partial charge is 0.248 e. The van der Waals surface area contributed by atoms with Crippen molar-refractivity contribution >= 4 is 17.7 Å². The molecule has 0 bridgehead atoms. The van der Waals surface area contributed by atoms with Crippen LogP contribution in [0.2, 0.25) is 0 Å². The molecule has 4 nitrogen and oxygen atoms in total. The Bertz CT molecular complexity index is 580. The van der Waals surface area contributed by atoms with E-state index in [0.29, 0.717) is 5.69 Å². The van der Waals surface area contributed by atoms with Gasteiger partial charge in [-0.05, 0) is 35.4 Å². The molecule has 0 aliphatic rings. The molecule has 0 fully saturated rings. The molecule has 2 rings (SSSR count). The van der Waals surface area contributed by atoms with Crippen LogP contribution in [0.25, 0.3) is 6.08 Å². The molecule has 4 heteroatoms. The quantitative estimate of drug-likeness (QED) is 0.822. The summed E-state index contributed by atoms with van der Waals surface area (Å²) in [6.07, 6.45) is 6.49. The number of rotatable bonds is 4. The summed E-state index contributed by atoms with van der Waals surface area (Å²) in [6, 6.07) is 10.8. The first-order valence-electron chi connectivity index (χ1n) is 5.87. The van der Waals surface area contributed by atoms with Crippen LogP contribution >= 0.6 is 0 Å². The van der Waals surface area contributed by atoms with Crippen molar-refractivity contribution in [1.29, 1.82) is 0 Å². The lowest BCUT2D eigenvalue weighted by atomic mass is 10.2. The van der Waals surface area contributed by atoms with Gasteiger partial charge in [-0.1, -0.05) is 18.2 Å². The van der Waals surface area contributed by atoms with Crippen LogP contribution in [0.1, 0.15) is 11.1 Å². The minimum Gasteiger partial charge on any atom is -0.392 e. The lowest BCUT2D eigenvalue weighted by molar-refractivity contribution is -0.111. The van der Waals surface area contributed by atoms with E-state index in [2.05, 4.69) is 10.3 Å². The molecule has 96 valence electrons. The van der Waals surface area contributed by atoms with Crippen molar-refractivity contribution in [3.63, 3.8) is 0 Å². The van der Waals surface area contributed by atoms with Gasteiger partial charge in [0.25, 0.3) is 0 Å². The Hall–Kier alpha value is -2.46. The van der Waals surface area contributed by atoms with Gasteiger partial charge in [-0.25, -0.2) is 0 Å². The maximum absolute atomic E-state index is 11.7. The van der Waals surface area contributed by atoms with Gasteiger partial charge in [-0.2, -0.15) is 0 Å². The van der Waals surface area contributed by atoms with Crippen LogP contribution < -0.4 is 5.32 Å². The van der Waals surface area contributed by atoms with Crippen LogP contribution in [0.5, 0.6) is 0 Å². The molecule has 19 heavy (non-hydrogen) atoms. The normalized spacial score (nSPS) is 10.6. The van der Waals surface area contributed by atoms with E-state index in [1.54, 1.807) is 42.7 Å². The van der Waals surface area contributed by atoms with E-state index in [9.17, 15) is 4.79 Å². The molecular weight excluding hydrogens is 240 g/mol. The number of amides is 1. The maximum atomic E-state index is 11.7. The van der Waals surface area contributed by atoms with Gasteiger partial charge in [0.2, 0.25) is 5.91 Å². The summed E-state index contributed by atoms with van der Waals surface area (Å²) < 4.78 is 0. The molecule has 0 saturated heterocycles. The number of aliphatic hydroxyl groups is 1. The number of carbonyl (C=O) groups excluding carboxylic acids is 1. The number of carbonyl (C=O) groups is 1. The average molecular weight is 254 g/mol. The molecular formula is C15H14N2O2. The average Bonchev–Trinajstić information content (AvgIpc) is 2.46. The molecule has 1 heterocycles. The molecule has 0 atom stereocenters. The zero-order chi connectivity index (χ0) is 13.5. The fourth-order valence-electron chi connectivity index (χ4n) is 1.58. The summed E-state index contributed by atoms with van der Waals surface area (Å²) in [4.78, 5) is 15.7. The Morgan fingerprint density at radius 3 is 2.95 bits per heavy atom. The SMILES string of the molecule is O=C(/C=C/c1cccnc1)Nc1cccc(CO)c1. The molecule has 2 aromatic rings. The lowest BCUT2D eigenvalue weighted by Gasteiger charge is -2.03. The van der Waals surface area contributed by atoms with Gasteiger partial charge >= 0.3 is 0 Å². The van der Waals surface area contributed by atoms with Crippen LogP contribution in [0.15, 0.2) is 54.9 Å². The Morgan fingerprint density at radius 2 is 2.21 bits per heavy atom. The van der Waals surface area contributed by atoms with Crippen molar-refractivity contribution in [2.75, 3.05) is 5.32 Å². The predicted octanol–water partition coefficient (Wildman–Crippen LogP) is 2.23. The zero-order valence-electron chi connectivity index (χ0n) is 10.3. The number of benzene rings is 1. The second-order valence-corrected chi connectivity index (χ2v) is 3.97. The number of aliphatic hydroxyl groups excluding tert-OH is 1. The van der Waals surface area contributed by atoms with Crippen molar-refractivity contribution in [2.24, 2.45) is 0 Å². The third kappa shape index (κ3) is 4.04. The van der Waals surface area contributed by atoms with Gasteiger partial charge < -0.3 is 10.4 Å². The Labute approximate surface area is 111 Å². The Morgan fingerprint density at radius 1 is 1.32 bits per heavy atom. The summed E-state index contributed by atoms with van der Waals surface area (Å²) >= 11 is 0. The number of hydrogen-bond acceptors (Lipinski definition) is 3. The molecule has 0 spiro atoms. The van der Waals surface area contributed by atoms with Crippen LogP contribution in [-0.2, 0) is 11.4 Å². The molecule has 0 unspecified atom stereocenters. The summed E-state index contributed by atoms with van der Waals surface area (Å²) in [5.41, 5.74) is 2.28. The first-order valence-corrected chi connectivity index (χ1v) is 5.87. The lowest BCUT2D eigenvalue weighted by Crippen LogP contribution is -2.07. The third-order valence-electron chi connectivity index (χ3n) is 2.49. The van der Waals surface area contributed by atoms with E-state index in [1.807, 2.05) is 12.1 Å². The topological polar surface area (TPSA) is 62.2 Å². The van der Waals surface area contributed by atoms with Crippen molar-refractivity contribution in [2.45, 2.75) is 6.61 Å². The van der Waals surface area contributed by atoms with Crippen molar-refractivity contribution in [1.82, 2.24) is 4.98 Å². The third-order valence-corrected chi connectivity index (χ3v) is 2.49. The Kier molecular flexibility index (Phi) is 4.42. The van der Waals surface area contributed by atoms with Gasteiger partial charge in [0.05, 0.1) is 6.61 Å². The Balaban J connectivity index is 1.99. The maximum Gasteiger partial charge on any atom is 0.248 e. The van der Waals surface area contributed by atoms with Crippen molar-refractivity contribution in [3.05, 3.63) is 66.0 Å². The highest BCUT2D eigenvalue weighted by Crippen LogP contribution is 2.10. The highest BCUT2D eigenvalue weighted by molar-refractivity contribution is 6.01. The highest BCUT2D eigenvalue weighted by Gasteiger charge is 1.98. The molecule has 1 amide bonds. The summed E-state index contributed by atoms with van der Waals surface area (Å²) in [7, 11) is 0. The minimum atomic E-state index is -0.223. The van der Waals surface area contributed by atoms with Gasteiger partial charge in [-0.3, -0.25) is 9.78 Å². The van der Waals surface area contributed by atoms with Crippen LogP contribution in [0.4, 0.5) is 5.69 Å². The number of anilines is 1. The largest absolute Gasteiger partial charge is 0.392 e. The second-order valence-electron chi connectivity index (χ2n) is 3.97. The summed E-state index contributed by atoms with van der Waals surface area (Å²) in [6.45, 7) is -0.0464.